The molecule has 0 saturated heterocycles. The number of guanidine groups is 1. The number of rotatable bonds is 8. The van der Waals surface area contributed by atoms with Gasteiger partial charge in [0, 0.05) is 27.2 Å². The van der Waals surface area contributed by atoms with E-state index in [1.165, 1.54) is 12.8 Å². The molecular weight excluding hydrogens is 286 g/mol. The Morgan fingerprint density at radius 3 is 2.57 bits per heavy atom. The van der Waals surface area contributed by atoms with Crippen molar-refractivity contribution in [3.05, 3.63) is 23.9 Å². The Bertz CT molecular complexity index is 482. The lowest BCUT2D eigenvalue weighted by Crippen LogP contribution is -2.42. The van der Waals surface area contributed by atoms with E-state index >= 15 is 0 Å². The predicted octanol–water partition coefficient (Wildman–Crippen LogP) is 3.03. The van der Waals surface area contributed by atoms with Gasteiger partial charge in [0.05, 0.1) is 12.2 Å². The first-order valence-corrected chi connectivity index (χ1v) is 8.52. The summed E-state index contributed by atoms with van der Waals surface area (Å²) < 4.78 is 0. The quantitative estimate of drug-likeness (QED) is 0.571. The topological polar surface area (TPSA) is 52.6 Å². The molecule has 0 bridgehead atoms. The molecule has 5 nitrogen and oxygen atoms in total. The predicted molar refractivity (Wildman–Crippen MR) is 100 cm³/mol. The summed E-state index contributed by atoms with van der Waals surface area (Å²) in [6.45, 7) is 7.42. The van der Waals surface area contributed by atoms with Crippen LogP contribution in [0.25, 0.3) is 0 Å². The molecule has 23 heavy (non-hydrogen) atoms. The first-order valence-electron chi connectivity index (χ1n) is 8.52. The van der Waals surface area contributed by atoms with Crippen molar-refractivity contribution in [1.29, 1.82) is 0 Å². The Hall–Kier alpha value is -1.78. The smallest absolute Gasteiger partial charge is 0.191 e. The van der Waals surface area contributed by atoms with Gasteiger partial charge in [-0.3, -0.25) is 4.99 Å². The second-order valence-corrected chi connectivity index (χ2v) is 6.68. The molecule has 1 rings (SSSR count). The number of nitrogens with one attached hydrogen (secondary N) is 2. The number of aliphatic imine (C=N–C) groups is 1. The molecule has 130 valence electrons. The number of nitrogens with zero attached hydrogens (tertiary/aromatic N) is 3. The first kappa shape index (κ1) is 19.3. The van der Waals surface area contributed by atoms with Gasteiger partial charge in [0.1, 0.15) is 5.82 Å². The summed E-state index contributed by atoms with van der Waals surface area (Å²) in [6.07, 6.45) is 3.68. The van der Waals surface area contributed by atoms with Gasteiger partial charge in [-0.2, -0.15) is 0 Å². The maximum atomic E-state index is 4.61. The fourth-order valence-electron chi connectivity index (χ4n) is 2.32. The van der Waals surface area contributed by atoms with Crippen molar-refractivity contribution < 1.29 is 0 Å². The summed E-state index contributed by atoms with van der Waals surface area (Å²) in [5.41, 5.74) is 1.01. The van der Waals surface area contributed by atoms with Crippen LogP contribution < -0.4 is 15.5 Å². The number of hydrogen-bond donors (Lipinski definition) is 2. The van der Waals surface area contributed by atoms with Gasteiger partial charge >= 0.3 is 0 Å². The largest absolute Gasteiger partial charge is 0.363 e. The molecule has 0 aliphatic heterocycles. The highest BCUT2D eigenvalue weighted by atomic mass is 15.2. The van der Waals surface area contributed by atoms with Crippen molar-refractivity contribution in [1.82, 2.24) is 15.6 Å². The Kier molecular flexibility index (Phi) is 8.45. The van der Waals surface area contributed by atoms with Gasteiger partial charge in [-0.05, 0) is 31.4 Å². The van der Waals surface area contributed by atoms with E-state index in [1.54, 1.807) is 7.05 Å². The summed E-state index contributed by atoms with van der Waals surface area (Å²) in [4.78, 5) is 10.9. The molecule has 0 amide bonds. The van der Waals surface area contributed by atoms with E-state index in [1.807, 2.05) is 37.2 Å². The Labute approximate surface area is 141 Å². The van der Waals surface area contributed by atoms with Crippen LogP contribution in [0.3, 0.4) is 0 Å². The van der Waals surface area contributed by atoms with Crippen molar-refractivity contribution in [3.8, 4) is 0 Å². The molecule has 0 radical (unpaired) electrons. The molecule has 1 aromatic rings. The van der Waals surface area contributed by atoms with Gasteiger partial charge in [0.25, 0.3) is 0 Å². The standard InChI is InChI=1S/C18H33N5/c1-14(2)9-7-10-15(3)21-18(19-4)20-13-16-11-8-12-17(22-16)23(5)6/h8,11-12,14-15H,7,9-10,13H2,1-6H3,(H2,19,20,21). The van der Waals surface area contributed by atoms with Crippen LogP contribution in [0.4, 0.5) is 5.82 Å². The maximum absolute atomic E-state index is 4.61. The number of aromatic nitrogens is 1. The molecule has 0 aliphatic rings. The Balaban J connectivity index is 2.43. The van der Waals surface area contributed by atoms with E-state index in [9.17, 15) is 0 Å². The van der Waals surface area contributed by atoms with Gasteiger partial charge in [0.2, 0.25) is 0 Å². The van der Waals surface area contributed by atoms with E-state index in [0.29, 0.717) is 12.6 Å². The van der Waals surface area contributed by atoms with Crippen LogP contribution in [0.1, 0.15) is 45.7 Å². The summed E-state index contributed by atoms with van der Waals surface area (Å²) in [6, 6.07) is 6.48. The van der Waals surface area contributed by atoms with Crippen LogP contribution >= 0.6 is 0 Å². The van der Waals surface area contributed by atoms with Crippen molar-refractivity contribution in [3.63, 3.8) is 0 Å². The highest BCUT2D eigenvalue weighted by molar-refractivity contribution is 5.79. The van der Waals surface area contributed by atoms with Crippen LogP contribution in [-0.2, 0) is 6.54 Å². The third-order valence-electron chi connectivity index (χ3n) is 3.71. The van der Waals surface area contributed by atoms with Crippen molar-refractivity contribution >= 4 is 11.8 Å². The summed E-state index contributed by atoms with van der Waals surface area (Å²) >= 11 is 0. The second-order valence-electron chi connectivity index (χ2n) is 6.68. The van der Waals surface area contributed by atoms with Gasteiger partial charge in [-0.1, -0.05) is 32.8 Å². The molecule has 5 heteroatoms. The van der Waals surface area contributed by atoms with Gasteiger partial charge in [0.15, 0.2) is 5.96 Å². The highest BCUT2D eigenvalue weighted by Gasteiger charge is 2.06. The summed E-state index contributed by atoms with van der Waals surface area (Å²) in [7, 11) is 5.80. The van der Waals surface area contributed by atoms with Crippen molar-refractivity contribution in [2.75, 3.05) is 26.0 Å². The van der Waals surface area contributed by atoms with E-state index in [4.69, 9.17) is 0 Å². The fraction of sp³-hybridized carbons (Fsp3) is 0.667. The van der Waals surface area contributed by atoms with E-state index in [0.717, 1.165) is 29.8 Å². The normalized spacial score (nSPS) is 13.1. The molecule has 1 atom stereocenters. The lowest BCUT2D eigenvalue weighted by atomic mass is 10.0. The number of hydrogen-bond acceptors (Lipinski definition) is 3. The number of anilines is 1. The number of pyridine rings is 1. The third kappa shape index (κ3) is 7.86. The zero-order valence-corrected chi connectivity index (χ0v) is 15.6. The molecule has 1 unspecified atom stereocenters. The molecule has 1 aromatic heterocycles. The minimum atomic E-state index is 0.418. The molecule has 0 aromatic carbocycles. The minimum absolute atomic E-state index is 0.418. The van der Waals surface area contributed by atoms with Crippen molar-refractivity contribution in [2.45, 2.75) is 52.6 Å². The average molecular weight is 319 g/mol. The monoisotopic (exact) mass is 319 g/mol. The summed E-state index contributed by atoms with van der Waals surface area (Å²) in [5.74, 6) is 2.57. The average Bonchev–Trinajstić information content (AvgIpc) is 2.51. The van der Waals surface area contributed by atoms with Crippen LogP contribution in [0.5, 0.6) is 0 Å². The van der Waals surface area contributed by atoms with Crippen LogP contribution in [0, 0.1) is 5.92 Å². The molecule has 0 saturated carbocycles. The molecular formula is C18H33N5. The maximum Gasteiger partial charge on any atom is 0.191 e. The SMILES string of the molecule is CN=C(NCc1cccc(N(C)C)n1)NC(C)CCCC(C)C. The second kappa shape index (κ2) is 10.1. The van der Waals surface area contributed by atoms with Gasteiger partial charge < -0.3 is 15.5 Å². The van der Waals surface area contributed by atoms with Gasteiger partial charge in [-0.15, -0.1) is 0 Å². The summed E-state index contributed by atoms with van der Waals surface area (Å²) in [5, 5.41) is 6.79. The van der Waals surface area contributed by atoms with E-state index < -0.39 is 0 Å². The molecule has 0 fully saturated rings. The zero-order valence-electron chi connectivity index (χ0n) is 15.6. The Morgan fingerprint density at radius 1 is 1.22 bits per heavy atom. The molecule has 1 heterocycles. The highest BCUT2D eigenvalue weighted by Crippen LogP contribution is 2.09. The van der Waals surface area contributed by atoms with E-state index in [2.05, 4.69) is 41.4 Å². The molecule has 2 N–H and O–H groups in total. The lowest BCUT2D eigenvalue weighted by Gasteiger charge is -2.18. The van der Waals surface area contributed by atoms with E-state index in [-0.39, 0.29) is 0 Å². The molecule has 0 spiro atoms. The van der Waals surface area contributed by atoms with Crippen LogP contribution in [-0.4, -0.2) is 38.1 Å². The Morgan fingerprint density at radius 2 is 1.96 bits per heavy atom. The first-order chi connectivity index (χ1) is 10.9. The minimum Gasteiger partial charge on any atom is -0.363 e. The zero-order chi connectivity index (χ0) is 17.2. The fourth-order valence-corrected chi connectivity index (χ4v) is 2.32. The molecule has 0 aliphatic carbocycles. The van der Waals surface area contributed by atoms with Gasteiger partial charge in [-0.25, -0.2) is 4.98 Å². The third-order valence-corrected chi connectivity index (χ3v) is 3.71. The van der Waals surface area contributed by atoms with Crippen molar-refractivity contribution in [2.24, 2.45) is 10.9 Å². The van der Waals surface area contributed by atoms with Crippen LogP contribution in [0.2, 0.25) is 0 Å². The van der Waals surface area contributed by atoms with Crippen LogP contribution in [0.15, 0.2) is 23.2 Å². The lowest BCUT2D eigenvalue weighted by molar-refractivity contribution is 0.491.